The van der Waals surface area contributed by atoms with Gasteiger partial charge in [-0.1, -0.05) is 25.9 Å². The van der Waals surface area contributed by atoms with Crippen molar-refractivity contribution in [2.24, 2.45) is 0 Å². The normalized spacial score (nSPS) is 12.5. The number of nitrogens with zero attached hydrogens (tertiary/aromatic N) is 2. The van der Waals surface area contributed by atoms with E-state index in [-0.39, 0.29) is 29.9 Å². The van der Waals surface area contributed by atoms with Gasteiger partial charge in [0.2, 0.25) is 0 Å². The minimum atomic E-state index is -0.665. The molecule has 0 saturated carbocycles. The van der Waals surface area contributed by atoms with Crippen LogP contribution >= 0.6 is 0 Å². The monoisotopic (exact) mass is 374 g/mol. The third-order valence-corrected chi connectivity index (χ3v) is 3.81. The van der Waals surface area contributed by atoms with E-state index in [2.05, 4.69) is 10.1 Å². The first kappa shape index (κ1) is 20.6. The Labute approximate surface area is 159 Å². The minimum Gasteiger partial charge on any atom is -0.494 e. The van der Waals surface area contributed by atoms with Gasteiger partial charge in [-0.3, -0.25) is 9.59 Å². The zero-order valence-electron chi connectivity index (χ0n) is 16.4. The molecule has 0 aliphatic rings. The van der Waals surface area contributed by atoms with E-state index in [4.69, 9.17) is 14.0 Å². The number of ether oxygens (including phenoxy) is 2. The van der Waals surface area contributed by atoms with Crippen LogP contribution < -0.4 is 4.74 Å². The fraction of sp³-hybridized carbons (Fsp3) is 0.500. The number of carbonyl (C=O) groups is 2. The van der Waals surface area contributed by atoms with E-state index >= 15 is 0 Å². The fourth-order valence-electron chi connectivity index (χ4n) is 2.28. The van der Waals surface area contributed by atoms with Gasteiger partial charge in [-0.15, -0.1) is 0 Å². The number of hydrogen-bond acceptors (Lipinski definition) is 7. The van der Waals surface area contributed by atoms with Crippen LogP contribution in [0.25, 0.3) is 0 Å². The maximum absolute atomic E-state index is 12.2. The average molecular weight is 374 g/mol. The molecule has 0 bridgehead atoms. The van der Waals surface area contributed by atoms with Crippen molar-refractivity contribution in [1.82, 2.24) is 10.1 Å². The van der Waals surface area contributed by atoms with Gasteiger partial charge in [-0.2, -0.15) is 4.98 Å². The van der Waals surface area contributed by atoms with E-state index in [1.54, 1.807) is 31.2 Å². The summed E-state index contributed by atoms with van der Waals surface area (Å²) in [6.45, 7) is 10.0. The summed E-state index contributed by atoms with van der Waals surface area (Å²) >= 11 is 0. The van der Waals surface area contributed by atoms with Gasteiger partial charge in [-0.25, -0.2) is 0 Å². The SMILES string of the molecule is CCOc1ccc(C(=O)CCC(=O)OC(C)c2nc(C(C)(C)C)no2)cc1. The van der Waals surface area contributed by atoms with Crippen LogP contribution in [0.5, 0.6) is 5.75 Å². The van der Waals surface area contributed by atoms with Crippen molar-refractivity contribution in [3.63, 3.8) is 0 Å². The molecule has 7 heteroatoms. The van der Waals surface area contributed by atoms with Crippen LogP contribution in [0, 0.1) is 0 Å². The van der Waals surface area contributed by atoms with Crippen molar-refractivity contribution in [3.05, 3.63) is 41.5 Å². The lowest BCUT2D eigenvalue weighted by Crippen LogP contribution is -2.14. The van der Waals surface area contributed by atoms with E-state index in [0.29, 0.717) is 23.7 Å². The number of esters is 1. The highest BCUT2D eigenvalue weighted by molar-refractivity contribution is 5.97. The lowest BCUT2D eigenvalue weighted by atomic mass is 9.96. The van der Waals surface area contributed by atoms with Crippen LogP contribution in [0.4, 0.5) is 0 Å². The van der Waals surface area contributed by atoms with Gasteiger partial charge < -0.3 is 14.0 Å². The lowest BCUT2D eigenvalue weighted by molar-refractivity contribution is -0.149. The van der Waals surface area contributed by atoms with Gasteiger partial charge in [0.15, 0.2) is 17.7 Å². The molecule has 0 N–H and O–H groups in total. The van der Waals surface area contributed by atoms with Crippen LogP contribution in [0.15, 0.2) is 28.8 Å². The van der Waals surface area contributed by atoms with Crippen LogP contribution in [0.3, 0.4) is 0 Å². The second-order valence-corrected chi connectivity index (χ2v) is 7.22. The van der Waals surface area contributed by atoms with E-state index in [9.17, 15) is 9.59 Å². The maximum Gasteiger partial charge on any atom is 0.307 e. The van der Waals surface area contributed by atoms with Crippen LogP contribution in [0.1, 0.15) is 75.6 Å². The molecule has 0 aliphatic heterocycles. The molecule has 1 atom stereocenters. The first-order chi connectivity index (χ1) is 12.7. The summed E-state index contributed by atoms with van der Waals surface area (Å²) in [5, 5.41) is 3.91. The quantitative estimate of drug-likeness (QED) is 0.509. The van der Waals surface area contributed by atoms with Crippen LogP contribution in [0.2, 0.25) is 0 Å². The van der Waals surface area contributed by atoms with Gasteiger partial charge in [0.1, 0.15) is 5.75 Å². The molecule has 0 saturated heterocycles. The molecule has 1 aromatic heterocycles. The molecule has 1 unspecified atom stereocenters. The number of rotatable bonds is 8. The number of carbonyl (C=O) groups excluding carboxylic acids is 2. The lowest BCUT2D eigenvalue weighted by Gasteiger charge is -2.11. The molecule has 0 radical (unpaired) electrons. The maximum atomic E-state index is 12.2. The molecule has 7 nitrogen and oxygen atoms in total. The number of benzene rings is 1. The first-order valence-electron chi connectivity index (χ1n) is 9.00. The third kappa shape index (κ3) is 5.91. The zero-order valence-corrected chi connectivity index (χ0v) is 16.4. The number of ketones is 1. The van der Waals surface area contributed by atoms with Crippen molar-refractivity contribution in [2.45, 2.75) is 59.0 Å². The Hall–Kier alpha value is -2.70. The summed E-state index contributed by atoms with van der Waals surface area (Å²) in [4.78, 5) is 28.5. The van der Waals surface area contributed by atoms with E-state index < -0.39 is 12.1 Å². The number of aromatic nitrogens is 2. The molecule has 146 valence electrons. The summed E-state index contributed by atoms with van der Waals surface area (Å²) < 4.78 is 15.8. The largest absolute Gasteiger partial charge is 0.494 e. The van der Waals surface area contributed by atoms with Crippen molar-refractivity contribution in [3.8, 4) is 5.75 Å². The highest BCUT2D eigenvalue weighted by atomic mass is 16.6. The van der Waals surface area contributed by atoms with Gasteiger partial charge >= 0.3 is 5.97 Å². The molecular formula is C20H26N2O5. The molecule has 27 heavy (non-hydrogen) atoms. The predicted molar refractivity (Wildman–Crippen MR) is 98.7 cm³/mol. The molecule has 2 rings (SSSR count). The van der Waals surface area contributed by atoms with Crippen LogP contribution in [-0.2, 0) is 14.9 Å². The Morgan fingerprint density at radius 2 is 1.81 bits per heavy atom. The molecule has 0 amide bonds. The second kappa shape index (κ2) is 8.79. The number of hydrogen-bond donors (Lipinski definition) is 0. The highest BCUT2D eigenvalue weighted by Gasteiger charge is 2.25. The standard InChI is InChI=1S/C20H26N2O5/c1-6-25-15-9-7-14(8-10-15)16(23)11-12-17(24)26-13(2)18-21-19(22-27-18)20(3,4)5/h7-10,13H,6,11-12H2,1-5H3. The highest BCUT2D eigenvalue weighted by Crippen LogP contribution is 2.22. The Bertz CT molecular complexity index is 774. The first-order valence-corrected chi connectivity index (χ1v) is 9.00. The molecular weight excluding hydrogens is 348 g/mol. The number of Topliss-reactive ketones (excluding diaryl/α,β-unsaturated/α-hetero) is 1. The van der Waals surface area contributed by atoms with Crippen LogP contribution in [-0.4, -0.2) is 28.5 Å². The summed E-state index contributed by atoms with van der Waals surface area (Å²) in [5.74, 6) is 0.876. The van der Waals surface area contributed by atoms with E-state index in [0.717, 1.165) is 0 Å². The Morgan fingerprint density at radius 3 is 2.37 bits per heavy atom. The fourth-order valence-corrected chi connectivity index (χ4v) is 2.28. The Morgan fingerprint density at radius 1 is 1.15 bits per heavy atom. The van der Waals surface area contributed by atoms with Gasteiger partial charge in [0, 0.05) is 17.4 Å². The van der Waals surface area contributed by atoms with Gasteiger partial charge in [0.05, 0.1) is 13.0 Å². The second-order valence-electron chi connectivity index (χ2n) is 7.22. The molecule has 0 fully saturated rings. The minimum absolute atomic E-state index is 0.0172. The molecule has 2 aromatic rings. The van der Waals surface area contributed by atoms with Crippen molar-refractivity contribution >= 4 is 11.8 Å². The molecule has 1 heterocycles. The topological polar surface area (TPSA) is 91.5 Å². The van der Waals surface area contributed by atoms with E-state index in [1.165, 1.54) is 0 Å². The molecule has 1 aromatic carbocycles. The Balaban J connectivity index is 1.84. The molecule has 0 spiro atoms. The summed E-state index contributed by atoms with van der Waals surface area (Å²) in [6, 6.07) is 6.85. The summed E-state index contributed by atoms with van der Waals surface area (Å²) in [5.41, 5.74) is 0.279. The average Bonchev–Trinajstić information content (AvgIpc) is 3.11. The van der Waals surface area contributed by atoms with Crippen molar-refractivity contribution in [1.29, 1.82) is 0 Å². The van der Waals surface area contributed by atoms with Gasteiger partial charge in [-0.05, 0) is 38.1 Å². The summed E-state index contributed by atoms with van der Waals surface area (Å²) in [6.07, 6.45) is -0.616. The predicted octanol–water partition coefficient (Wildman–Crippen LogP) is 4.03. The van der Waals surface area contributed by atoms with Crippen molar-refractivity contribution < 1.29 is 23.6 Å². The van der Waals surface area contributed by atoms with Crippen molar-refractivity contribution in [2.75, 3.05) is 6.61 Å². The Kier molecular flexibility index (Phi) is 6.71. The molecule has 0 aliphatic carbocycles. The van der Waals surface area contributed by atoms with Gasteiger partial charge in [0.25, 0.3) is 5.89 Å². The smallest absolute Gasteiger partial charge is 0.307 e. The summed E-state index contributed by atoms with van der Waals surface area (Å²) in [7, 11) is 0. The third-order valence-electron chi connectivity index (χ3n) is 3.81. The van der Waals surface area contributed by atoms with E-state index in [1.807, 2.05) is 27.7 Å². The zero-order chi connectivity index (χ0) is 20.0.